The number of amides is 1. The van der Waals surface area contributed by atoms with Crippen LogP contribution in [0, 0.1) is 0 Å². The first-order valence-corrected chi connectivity index (χ1v) is 6.17. The molecule has 0 aliphatic heterocycles. The van der Waals surface area contributed by atoms with Crippen molar-refractivity contribution in [3.8, 4) is 0 Å². The summed E-state index contributed by atoms with van der Waals surface area (Å²) in [6.45, 7) is 2.60. The average Bonchev–Trinajstić information content (AvgIpc) is 3.19. The molecule has 0 radical (unpaired) electrons. The van der Waals surface area contributed by atoms with Gasteiger partial charge >= 0.3 is 0 Å². The van der Waals surface area contributed by atoms with E-state index >= 15 is 0 Å². The molecule has 0 saturated heterocycles. The van der Waals surface area contributed by atoms with Gasteiger partial charge in [0.2, 0.25) is 5.91 Å². The molecule has 1 aromatic rings. The molecule has 1 fully saturated rings. The summed E-state index contributed by atoms with van der Waals surface area (Å²) in [6, 6.07) is 3.92. The van der Waals surface area contributed by atoms with Crippen molar-refractivity contribution in [3.63, 3.8) is 0 Å². The van der Waals surface area contributed by atoms with Gasteiger partial charge in [0.25, 0.3) is 0 Å². The Kier molecular flexibility index (Phi) is 3.74. The minimum Gasteiger partial charge on any atom is -0.334 e. The maximum atomic E-state index is 12.1. The summed E-state index contributed by atoms with van der Waals surface area (Å²) in [5.74, 6) is 0.0758. The molecule has 1 aliphatic carbocycles. The van der Waals surface area contributed by atoms with Crippen molar-refractivity contribution in [2.45, 2.75) is 44.8 Å². The highest BCUT2D eigenvalue weighted by atomic mass is 16.2. The fraction of sp³-hybridized carbons (Fsp3) is 0.538. The predicted octanol–water partition coefficient (Wildman–Crippen LogP) is 1.31. The van der Waals surface area contributed by atoms with Gasteiger partial charge in [-0.1, -0.05) is 6.92 Å². The summed E-state index contributed by atoms with van der Waals surface area (Å²) in [4.78, 5) is 18.0. The first kappa shape index (κ1) is 12.0. The van der Waals surface area contributed by atoms with Gasteiger partial charge in [0.15, 0.2) is 0 Å². The fourth-order valence-electron chi connectivity index (χ4n) is 1.85. The zero-order valence-electron chi connectivity index (χ0n) is 10.2. The number of rotatable bonds is 5. The molecule has 1 aromatic heterocycles. The van der Waals surface area contributed by atoms with Crippen LogP contribution in [0.5, 0.6) is 0 Å². The van der Waals surface area contributed by atoms with Crippen LogP contribution in [0.15, 0.2) is 24.5 Å². The summed E-state index contributed by atoms with van der Waals surface area (Å²) in [5, 5.41) is 0. The standard InChI is InChI=1S/C13H19N3O/c1-2-12(14)13(17)16(11-3-4-11)9-10-5-7-15-8-6-10/h5-8,11-12H,2-4,9,14H2,1H3/t12-/m1/s1. The molecule has 1 aliphatic rings. The van der Waals surface area contributed by atoms with Crippen LogP contribution >= 0.6 is 0 Å². The molecular weight excluding hydrogens is 214 g/mol. The van der Waals surface area contributed by atoms with Crippen LogP contribution in [0.25, 0.3) is 0 Å². The van der Waals surface area contributed by atoms with E-state index < -0.39 is 0 Å². The van der Waals surface area contributed by atoms with E-state index in [9.17, 15) is 4.79 Å². The van der Waals surface area contributed by atoms with Crippen LogP contribution in [-0.4, -0.2) is 27.9 Å². The SMILES string of the molecule is CC[C@@H](N)C(=O)N(Cc1ccncc1)C1CC1. The van der Waals surface area contributed by atoms with E-state index in [0.717, 1.165) is 18.4 Å². The third-order valence-electron chi connectivity index (χ3n) is 3.13. The van der Waals surface area contributed by atoms with Gasteiger partial charge in [-0.05, 0) is 37.0 Å². The third-order valence-corrected chi connectivity index (χ3v) is 3.13. The number of hydrogen-bond acceptors (Lipinski definition) is 3. The number of hydrogen-bond donors (Lipinski definition) is 1. The molecule has 92 valence electrons. The van der Waals surface area contributed by atoms with Gasteiger partial charge in [0.1, 0.15) is 0 Å². The van der Waals surface area contributed by atoms with Gasteiger partial charge in [-0.2, -0.15) is 0 Å². The van der Waals surface area contributed by atoms with Crippen molar-refractivity contribution in [3.05, 3.63) is 30.1 Å². The highest BCUT2D eigenvalue weighted by Gasteiger charge is 2.34. The molecule has 1 saturated carbocycles. The van der Waals surface area contributed by atoms with E-state index in [1.54, 1.807) is 12.4 Å². The van der Waals surface area contributed by atoms with Crippen molar-refractivity contribution in [1.82, 2.24) is 9.88 Å². The Balaban J connectivity index is 2.05. The van der Waals surface area contributed by atoms with Crippen LogP contribution < -0.4 is 5.73 Å². The molecule has 4 nitrogen and oxygen atoms in total. The number of carbonyl (C=O) groups excluding carboxylic acids is 1. The Morgan fingerprint density at radius 2 is 2.18 bits per heavy atom. The predicted molar refractivity (Wildman–Crippen MR) is 66.1 cm³/mol. The average molecular weight is 233 g/mol. The minimum absolute atomic E-state index is 0.0758. The first-order valence-electron chi connectivity index (χ1n) is 6.17. The van der Waals surface area contributed by atoms with Crippen molar-refractivity contribution < 1.29 is 4.79 Å². The van der Waals surface area contributed by atoms with Gasteiger partial charge in [-0.15, -0.1) is 0 Å². The van der Waals surface area contributed by atoms with Gasteiger partial charge < -0.3 is 10.6 Å². The molecule has 2 rings (SSSR count). The molecule has 0 aromatic carbocycles. The molecule has 17 heavy (non-hydrogen) atoms. The lowest BCUT2D eigenvalue weighted by molar-refractivity contribution is -0.133. The Hall–Kier alpha value is -1.42. The molecular formula is C13H19N3O. The van der Waals surface area contributed by atoms with Gasteiger partial charge in [-0.25, -0.2) is 0 Å². The van der Waals surface area contributed by atoms with E-state index in [0.29, 0.717) is 19.0 Å². The van der Waals surface area contributed by atoms with E-state index in [1.165, 1.54) is 0 Å². The molecule has 0 spiro atoms. The monoisotopic (exact) mass is 233 g/mol. The van der Waals surface area contributed by atoms with Crippen LogP contribution in [-0.2, 0) is 11.3 Å². The lowest BCUT2D eigenvalue weighted by atomic mass is 10.2. The van der Waals surface area contributed by atoms with Crippen molar-refractivity contribution in [1.29, 1.82) is 0 Å². The maximum Gasteiger partial charge on any atom is 0.240 e. The van der Waals surface area contributed by atoms with E-state index in [4.69, 9.17) is 5.73 Å². The number of nitrogens with zero attached hydrogens (tertiary/aromatic N) is 2. The van der Waals surface area contributed by atoms with E-state index in [1.807, 2.05) is 24.0 Å². The largest absolute Gasteiger partial charge is 0.334 e. The number of carbonyl (C=O) groups is 1. The van der Waals surface area contributed by atoms with Gasteiger partial charge in [0.05, 0.1) is 6.04 Å². The van der Waals surface area contributed by atoms with Crippen molar-refractivity contribution in [2.24, 2.45) is 5.73 Å². The smallest absolute Gasteiger partial charge is 0.240 e. The minimum atomic E-state index is -0.363. The lowest BCUT2D eigenvalue weighted by Crippen LogP contribution is -2.44. The summed E-state index contributed by atoms with van der Waals surface area (Å²) in [5.41, 5.74) is 6.95. The van der Waals surface area contributed by atoms with Crippen molar-refractivity contribution in [2.75, 3.05) is 0 Å². The van der Waals surface area contributed by atoms with E-state index in [-0.39, 0.29) is 11.9 Å². The Morgan fingerprint density at radius 3 is 2.71 bits per heavy atom. The van der Waals surface area contributed by atoms with Gasteiger partial charge in [-0.3, -0.25) is 9.78 Å². The number of nitrogens with two attached hydrogens (primary N) is 1. The molecule has 0 unspecified atom stereocenters. The normalized spacial score (nSPS) is 16.6. The van der Waals surface area contributed by atoms with Crippen LogP contribution in [0.3, 0.4) is 0 Å². The van der Waals surface area contributed by atoms with E-state index in [2.05, 4.69) is 4.98 Å². The second kappa shape index (κ2) is 5.27. The molecule has 0 bridgehead atoms. The Labute approximate surface area is 102 Å². The summed E-state index contributed by atoms with van der Waals surface area (Å²) in [7, 11) is 0. The highest BCUT2D eigenvalue weighted by Crippen LogP contribution is 2.28. The van der Waals surface area contributed by atoms with Crippen molar-refractivity contribution >= 4 is 5.91 Å². The topological polar surface area (TPSA) is 59.2 Å². The maximum absolute atomic E-state index is 12.1. The second-order valence-corrected chi connectivity index (χ2v) is 4.57. The number of aromatic nitrogens is 1. The summed E-state index contributed by atoms with van der Waals surface area (Å²) in [6.07, 6.45) is 6.41. The zero-order valence-corrected chi connectivity index (χ0v) is 10.2. The highest BCUT2D eigenvalue weighted by molar-refractivity contribution is 5.82. The Bertz CT molecular complexity index is 376. The molecule has 1 heterocycles. The summed E-state index contributed by atoms with van der Waals surface area (Å²) >= 11 is 0. The molecule has 4 heteroatoms. The van der Waals surface area contributed by atoms with Gasteiger partial charge in [0, 0.05) is 25.0 Å². The summed E-state index contributed by atoms with van der Waals surface area (Å²) < 4.78 is 0. The third kappa shape index (κ3) is 3.03. The Morgan fingerprint density at radius 1 is 1.53 bits per heavy atom. The zero-order chi connectivity index (χ0) is 12.3. The lowest BCUT2D eigenvalue weighted by Gasteiger charge is -2.25. The second-order valence-electron chi connectivity index (χ2n) is 4.57. The molecule has 1 atom stereocenters. The van der Waals surface area contributed by atoms with Crippen LogP contribution in [0.4, 0.5) is 0 Å². The molecule has 1 amide bonds. The number of pyridine rings is 1. The quantitative estimate of drug-likeness (QED) is 0.834. The fourth-order valence-corrected chi connectivity index (χ4v) is 1.85. The van der Waals surface area contributed by atoms with Crippen LogP contribution in [0.2, 0.25) is 0 Å². The first-order chi connectivity index (χ1) is 8.22. The molecule has 2 N–H and O–H groups in total. The van der Waals surface area contributed by atoms with Crippen LogP contribution in [0.1, 0.15) is 31.7 Å².